The van der Waals surface area contributed by atoms with Crippen LogP contribution in [-0.4, -0.2) is 36.0 Å². The van der Waals surface area contributed by atoms with Gasteiger partial charge in [-0.1, -0.05) is 12.7 Å². The predicted octanol–water partition coefficient (Wildman–Crippen LogP) is 0.727. The summed E-state index contributed by atoms with van der Waals surface area (Å²) >= 11 is 0. The van der Waals surface area contributed by atoms with Crippen LogP contribution in [0.15, 0.2) is 12.7 Å². The average molecular weight is 197 g/mol. The molecule has 0 aromatic heterocycles. The van der Waals surface area contributed by atoms with Crippen molar-refractivity contribution in [3.05, 3.63) is 12.7 Å². The van der Waals surface area contributed by atoms with E-state index in [1.165, 1.54) is 13.0 Å². The fourth-order valence-electron chi connectivity index (χ4n) is 1.63. The normalized spacial score (nSPS) is 20.6. The Bertz CT molecular complexity index is 250. The Morgan fingerprint density at radius 1 is 1.64 bits per heavy atom. The fourth-order valence-corrected chi connectivity index (χ4v) is 1.63. The predicted molar refractivity (Wildman–Crippen MR) is 51.6 cm³/mol. The van der Waals surface area contributed by atoms with Gasteiger partial charge >= 0.3 is 5.97 Å². The molecule has 4 nitrogen and oxygen atoms in total. The van der Waals surface area contributed by atoms with Crippen LogP contribution in [0, 0.1) is 0 Å². The number of carbonyl (C=O) groups is 2. The summed E-state index contributed by atoms with van der Waals surface area (Å²) in [5, 5.41) is 0. The van der Waals surface area contributed by atoms with E-state index in [-0.39, 0.29) is 24.5 Å². The Labute approximate surface area is 83.5 Å². The summed E-state index contributed by atoms with van der Waals surface area (Å²) < 4.78 is 4.90. The summed E-state index contributed by atoms with van der Waals surface area (Å²) in [6, 6.07) is -0.382. The summed E-state index contributed by atoms with van der Waals surface area (Å²) in [5.74, 6) is -0.388. The van der Waals surface area contributed by atoms with E-state index >= 15 is 0 Å². The minimum Gasteiger partial charge on any atom is -0.460 e. The van der Waals surface area contributed by atoms with Gasteiger partial charge in [0.15, 0.2) is 0 Å². The first-order valence-electron chi connectivity index (χ1n) is 4.71. The van der Waals surface area contributed by atoms with E-state index in [1.807, 2.05) is 0 Å². The Morgan fingerprint density at radius 2 is 2.36 bits per heavy atom. The van der Waals surface area contributed by atoms with Crippen LogP contribution in [0.4, 0.5) is 0 Å². The number of nitrogens with zero attached hydrogens (tertiary/aromatic N) is 1. The molecule has 1 heterocycles. The minimum absolute atomic E-state index is 0.0666. The van der Waals surface area contributed by atoms with Gasteiger partial charge in [-0.15, -0.1) is 0 Å². The number of hydrogen-bond acceptors (Lipinski definition) is 3. The molecule has 1 aliphatic rings. The molecule has 1 rings (SSSR count). The lowest BCUT2D eigenvalue weighted by molar-refractivity contribution is -0.151. The second-order valence-corrected chi connectivity index (χ2v) is 3.29. The molecule has 1 fully saturated rings. The molecule has 0 aromatic carbocycles. The SMILES string of the molecule is C=CCOC(=O)[C@@H]1CCCN1C(C)=O. The Morgan fingerprint density at radius 3 is 2.93 bits per heavy atom. The monoisotopic (exact) mass is 197 g/mol. The third-order valence-electron chi connectivity index (χ3n) is 2.27. The Balaban J connectivity index is 2.53. The molecule has 0 aromatic rings. The number of hydrogen-bond donors (Lipinski definition) is 0. The van der Waals surface area contributed by atoms with Crippen molar-refractivity contribution in [1.29, 1.82) is 0 Å². The van der Waals surface area contributed by atoms with Crippen LogP contribution in [0.5, 0.6) is 0 Å². The van der Waals surface area contributed by atoms with E-state index in [4.69, 9.17) is 4.74 Å². The molecule has 0 saturated carbocycles. The van der Waals surface area contributed by atoms with Gasteiger partial charge < -0.3 is 9.64 Å². The number of amides is 1. The minimum atomic E-state index is -0.382. The third kappa shape index (κ3) is 2.34. The molecule has 0 spiro atoms. The summed E-state index contributed by atoms with van der Waals surface area (Å²) in [6.07, 6.45) is 3.09. The van der Waals surface area contributed by atoms with Crippen LogP contribution in [0.2, 0.25) is 0 Å². The molecule has 0 bridgehead atoms. The van der Waals surface area contributed by atoms with Crippen LogP contribution < -0.4 is 0 Å². The molecule has 1 amide bonds. The maximum Gasteiger partial charge on any atom is 0.329 e. The quantitative estimate of drug-likeness (QED) is 0.495. The zero-order valence-corrected chi connectivity index (χ0v) is 8.36. The average Bonchev–Trinajstić information content (AvgIpc) is 2.62. The first-order chi connectivity index (χ1) is 6.66. The fraction of sp³-hybridized carbons (Fsp3) is 0.600. The van der Waals surface area contributed by atoms with Crippen molar-refractivity contribution >= 4 is 11.9 Å². The highest BCUT2D eigenvalue weighted by atomic mass is 16.5. The molecule has 4 heteroatoms. The second-order valence-electron chi connectivity index (χ2n) is 3.29. The van der Waals surface area contributed by atoms with Crippen molar-refractivity contribution in [2.45, 2.75) is 25.8 Å². The summed E-state index contributed by atoms with van der Waals surface area (Å²) in [7, 11) is 0. The van der Waals surface area contributed by atoms with Crippen LogP contribution in [0.25, 0.3) is 0 Å². The lowest BCUT2D eigenvalue weighted by atomic mass is 10.2. The van der Waals surface area contributed by atoms with Gasteiger partial charge in [-0.05, 0) is 12.8 Å². The van der Waals surface area contributed by atoms with Gasteiger partial charge in [0.25, 0.3) is 0 Å². The molecule has 0 aliphatic carbocycles. The van der Waals surface area contributed by atoms with Gasteiger partial charge in [0.1, 0.15) is 12.6 Å². The Hall–Kier alpha value is -1.32. The van der Waals surface area contributed by atoms with Crippen LogP contribution in [-0.2, 0) is 14.3 Å². The topological polar surface area (TPSA) is 46.6 Å². The third-order valence-corrected chi connectivity index (χ3v) is 2.27. The van der Waals surface area contributed by atoms with E-state index in [1.54, 1.807) is 4.90 Å². The first-order valence-corrected chi connectivity index (χ1v) is 4.71. The number of ether oxygens (including phenoxy) is 1. The van der Waals surface area contributed by atoms with E-state index in [0.29, 0.717) is 13.0 Å². The van der Waals surface area contributed by atoms with E-state index < -0.39 is 0 Å². The van der Waals surface area contributed by atoms with Gasteiger partial charge in [-0.25, -0.2) is 4.79 Å². The van der Waals surface area contributed by atoms with Gasteiger partial charge in [0, 0.05) is 13.5 Å². The second kappa shape index (κ2) is 4.79. The number of likely N-dealkylation sites (tertiary alicyclic amines) is 1. The smallest absolute Gasteiger partial charge is 0.329 e. The van der Waals surface area contributed by atoms with Crippen molar-refractivity contribution < 1.29 is 14.3 Å². The molecular formula is C10H15NO3. The molecule has 1 aliphatic heterocycles. The lowest BCUT2D eigenvalue weighted by Gasteiger charge is -2.21. The van der Waals surface area contributed by atoms with Crippen molar-refractivity contribution in [1.82, 2.24) is 4.90 Å². The number of carbonyl (C=O) groups excluding carboxylic acids is 2. The van der Waals surface area contributed by atoms with Crippen molar-refractivity contribution in [3.63, 3.8) is 0 Å². The summed E-state index contributed by atoms with van der Waals surface area (Å²) in [6.45, 7) is 5.79. The maximum atomic E-state index is 11.5. The molecule has 0 N–H and O–H groups in total. The van der Waals surface area contributed by atoms with Crippen LogP contribution in [0.1, 0.15) is 19.8 Å². The van der Waals surface area contributed by atoms with Crippen LogP contribution >= 0.6 is 0 Å². The summed E-state index contributed by atoms with van der Waals surface area (Å²) in [4.78, 5) is 24.1. The lowest BCUT2D eigenvalue weighted by Crippen LogP contribution is -2.40. The molecule has 14 heavy (non-hydrogen) atoms. The Kier molecular flexibility index (Phi) is 3.68. The largest absolute Gasteiger partial charge is 0.460 e. The van der Waals surface area contributed by atoms with E-state index in [0.717, 1.165) is 6.42 Å². The molecule has 1 saturated heterocycles. The van der Waals surface area contributed by atoms with Crippen LogP contribution in [0.3, 0.4) is 0 Å². The highest BCUT2D eigenvalue weighted by Gasteiger charge is 2.33. The van der Waals surface area contributed by atoms with Gasteiger partial charge in [0.2, 0.25) is 5.91 Å². The molecule has 0 unspecified atom stereocenters. The molecule has 78 valence electrons. The van der Waals surface area contributed by atoms with Gasteiger partial charge in [-0.3, -0.25) is 4.79 Å². The zero-order chi connectivity index (χ0) is 10.6. The summed E-state index contributed by atoms with van der Waals surface area (Å²) in [5.41, 5.74) is 0. The zero-order valence-electron chi connectivity index (χ0n) is 8.36. The van der Waals surface area contributed by atoms with Crippen molar-refractivity contribution in [2.75, 3.05) is 13.2 Å². The maximum absolute atomic E-state index is 11.5. The highest BCUT2D eigenvalue weighted by Crippen LogP contribution is 2.18. The molecule has 1 atom stereocenters. The van der Waals surface area contributed by atoms with Crippen molar-refractivity contribution in [3.8, 4) is 0 Å². The first kappa shape index (κ1) is 10.8. The van der Waals surface area contributed by atoms with Gasteiger partial charge in [-0.2, -0.15) is 0 Å². The van der Waals surface area contributed by atoms with Gasteiger partial charge in [0.05, 0.1) is 0 Å². The number of esters is 1. The standard InChI is InChI=1S/C10H15NO3/c1-3-7-14-10(13)9-5-4-6-11(9)8(2)12/h3,9H,1,4-7H2,2H3/t9-/m0/s1. The van der Waals surface area contributed by atoms with E-state index in [9.17, 15) is 9.59 Å². The number of rotatable bonds is 3. The molecular weight excluding hydrogens is 182 g/mol. The highest BCUT2D eigenvalue weighted by molar-refractivity contribution is 5.84. The molecule has 0 radical (unpaired) electrons. The van der Waals surface area contributed by atoms with E-state index in [2.05, 4.69) is 6.58 Å². The van der Waals surface area contributed by atoms with Crippen molar-refractivity contribution in [2.24, 2.45) is 0 Å².